The van der Waals surface area contributed by atoms with Gasteiger partial charge in [-0.25, -0.2) is 14.8 Å². The molecule has 12 heteroatoms. The molecule has 1 N–H and O–H groups in total. The van der Waals surface area contributed by atoms with E-state index in [-0.39, 0.29) is 36.2 Å². The van der Waals surface area contributed by atoms with Crippen LogP contribution in [0.4, 0.5) is 18.0 Å². The van der Waals surface area contributed by atoms with E-state index in [1.165, 1.54) is 4.90 Å². The molecule has 1 saturated heterocycles. The van der Waals surface area contributed by atoms with Gasteiger partial charge in [-0.1, -0.05) is 6.07 Å². The minimum absolute atomic E-state index is 0.0705. The van der Waals surface area contributed by atoms with Gasteiger partial charge in [-0.15, -0.1) is 0 Å². The Morgan fingerprint density at radius 2 is 1.95 bits per heavy atom. The van der Waals surface area contributed by atoms with Gasteiger partial charge in [0.25, 0.3) is 5.56 Å². The Hall–Kier alpha value is -4.35. The highest BCUT2D eigenvalue weighted by Gasteiger charge is 2.37. The van der Waals surface area contributed by atoms with Gasteiger partial charge in [0.2, 0.25) is 0 Å². The fraction of sp³-hybridized carbons (Fsp3) is 0.379. The molecule has 0 spiro atoms. The van der Waals surface area contributed by atoms with Crippen LogP contribution in [-0.4, -0.2) is 55.3 Å². The molecule has 1 fully saturated rings. The zero-order valence-electron chi connectivity index (χ0n) is 23.1. The van der Waals surface area contributed by atoms with Crippen molar-refractivity contribution in [3.05, 3.63) is 81.8 Å². The molecule has 3 aromatic heterocycles. The molecule has 0 bridgehead atoms. The number of rotatable bonds is 5. The highest BCUT2D eigenvalue weighted by atomic mass is 19.4. The van der Waals surface area contributed by atoms with Crippen LogP contribution in [0.15, 0.2) is 53.7 Å². The van der Waals surface area contributed by atoms with Gasteiger partial charge in [-0.05, 0) is 57.0 Å². The van der Waals surface area contributed by atoms with Crippen molar-refractivity contribution in [3.8, 4) is 11.6 Å². The standard InChI is InChI=1S/C29H30F3N5O4/c1-17-7-9-36(15-17)25-6-5-18(14-33-25)11-24-34-22-13-23(21(29(30,31)32)12-20(22)26(38)35-24)40-19-8-10-37(16-19)27(39)41-28(2,3)4/h5-7,9,12-15,19H,8,10-11,16H2,1-4H3,(H,34,35,38)/t19-/m1/s1. The monoisotopic (exact) mass is 569 g/mol. The van der Waals surface area contributed by atoms with Crippen molar-refractivity contribution in [2.24, 2.45) is 0 Å². The third-order valence-electron chi connectivity index (χ3n) is 6.54. The maximum atomic E-state index is 14.0. The van der Waals surface area contributed by atoms with Crippen molar-refractivity contribution in [3.63, 3.8) is 0 Å². The summed E-state index contributed by atoms with van der Waals surface area (Å²) < 4.78 is 55.0. The van der Waals surface area contributed by atoms with Gasteiger partial charge in [0.15, 0.2) is 0 Å². The normalized spacial score (nSPS) is 15.9. The number of nitrogens with zero attached hydrogens (tertiary/aromatic N) is 4. The molecule has 4 heterocycles. The molecule has 0 unspecified atom stereocenters. The highest BCUT2D eigenvalue weighted by Crippen LogP contribution is 2.39. The summed E-state index contributed by atoms with van der Waals surface area (Å²) in [7, 11) is 0. The first-order valence-corrected chi connectivity index (χ1v) is 13.1. The molecule has 5 rings (SSSR count). The fourth-order valence-electron chi connectivity index (χ4n) is 4.63. The van der Waals surface area contributed by atoms with E-state index < -0.39 is 40.8 Å². The lowest BCUT2D eigenvalue weighted by Gasteiger charge is -2.24. The van der Waals surface area contributed by atoms with Crippen LogP contribution in [0, 0.1) is 6.92 Å². The first-order chi connectivity index (χ1) is 19.2. The largest absolute Gasteiger partial charge is 0.488 e. The van der Waals surface area contributed by atoms with Gasteiger partial charge in [0.1, 0.15) is 29.1 Å². The lowest BCUT2D eigenvalue weighted by atomic mass is 10.1. The first-order valence-electron chi connectivity index (χ1n) is 13.1. The van der Waals surface area contributed by atoms with Crippen LogP contribution in [0.25, 0.3) is 16.7 Å². The number of aromatic nitrogens is 4. The Bertz CT molecular complexity index is 1640. The fourth-order valence-corrected chi connectivity index (χ4v) is 4.63. The van der Waals surface area contributed by atoms with E-state index >= 15 is 0 Å². The van der Waals surface area contributed by atoms with E-state index in [1.54, 1.807) is 27.0 Å². The maximum absolute atomic E-state index is 14.0. The van der Waals surface area contributed by atoms with Gasteiger partial charge in [0, 0.05) is 44.0 Å². The van der Waals surface area contributed by atoms with Crippen LogP contribution in [-0.2, 0) is 17.3 Å². The number of likely N-dealkylation sites (tertiary alicyclic amines) is 1. The van der Waals surface area contributed by atoms with Crippen LogP contribution in [0.1, 0.15) is 49.7 Å². The van der Waals surface area contributed by atoms with Gasteiger partial charge < -0.3 is 23.9 Å². The molecule has 216 valence electrons. The number of pyridine rings is 1. The van der Waals surface area contributed by atoms with Crippen molar-refractivity contribution in [1.29, 1.82) is 0 Å². The second kappa shape index (κ2) is 10.6. The summed E-state index contributed by atoms with van der Waals surface area (Å²) in [5, 5.41) is -0.202. The lowest BCUT2D eigenvalue weighted by molar-refractivity contribution is -0.139. The average Bonchev–Trinajstić information content (AvgIpc) is 3.52. The summed E-state index contributed by atoms with van der Waals surface area (Å²) >= 11 is 0. The molecule has 0 radical (unpaired) electrons. The molecule has 1 amide bonds. The topological polar surface area (TPSA) is 102 Å². The highest BCUT2D eigenvalue weighted by molar-refractivity contribution is 5.81. The second-order valence-corrected chi connectivity index (χ2v) is 11.1. The smallest absolute Gasteiger partial charge is 0.419 e. The summed E-state index contributed by atoms with van der Waals surface area (Å²) in [5.41, 5.74) is -0.544. The number of ether oxygens (including phenoxy) is 2. The number of aryl methyl sites for hydroxylation is 1. The number of carbonyl (C=O) groups is 1. The summed E-state index contributed by atoms with van der Waals surface area (Å²) in [6, 6.07) is 7.54. The molecule has 1 aliphatic rings. The molecule has 1 atom stereocenters. The predicted octanol–water partition coefficient (Wildman–Crippen LogP) is 5.42. The van der Waals surface area contributed by atoms with Crippen molar-refractivity contribution in [1.82, 2.24) is 24.4 Å². The Labute approximate surface area is 233 Å². The Kier molecular flexibility index (Phi) is 7.26. The SMILES string of the molecule is Cc1ccn(-c2ccc(Cc3nc4cc(O[C@@H]5CCN(C(=O)OC(C)(C)C)C5)c(C(F)(F)F)cc4c(=O)[nH]3)cn2)c1. The van der Waals surface area contributed by atoms with Crippen molar-refractivity contribution < 1.29 is 27.4 Å². The van der Waals surface area contributed by atoms with Crippen molar-refractivity contribution in [2.45, 2.75) is 58.4 Å². The van der Waals surface area contributed by atoms with Gasteiger partial charge in [-0.3, -0.25) is 4.79 Å². The molecular weight excluding hydrogens is 539 g/mol. The number of H-pyrrole nitrogens is 1. The molecule has 9 nitrogen and oxygen atoms in total. The van der Waals surface area contributed by atoms with E-state index in [9.17, 15) is 22.8 Å². The number of alkyl halides is 3. The third-order valence-corrected chi connectivity index (χ3v) is 6.54. The van der Waals surface area contributed by atoms with E-state index in [2.05, 4.69) is 15.0 Å². The van der Waals surface area contributed by atoms with Gasteiger partial charge >= 0.3 is 12.3 Å². The van der Waals surface area contributed by atoms with Crippen LogP contribution in [0.3, 0.4) is 0 Å². The molecule has 0 saturated carbocycles. The molecule has 1 aromatic carbocycles. The number of nitrogens with one attached hydrogen (secondary N) is 1. The van der Waals surface area contributed by atoms with E-state index in [0.29, 0.717) is 6.42 Å². The summed E-state index contributed by atoms with van der Waals surface area (Å²) in [6.45, 7) is 7.54. The lowest BCUT2D eigenvalue weighted by Crippen LogP contribution is -2.36. The van der Waals surface area contributed by atoms with Crippen LogP contribution in [0.5, 0.6) is 5.75 Å². The third kappa shape index (κ3) is 6.53. The molecule has 1 aliphatic heterocycles. The number of hydrogen-bond acceptors (Lipinski definition) is 6. The zero-order valence-corrected chi connectivity index (χ0v) is 23.1. The molecule has 41 heavy (non-hydrogen) atoms. The van der Waals surface area contributed by atoms with E-state index in [0.717, 1.165) is 29.1 Å². The number of halogens is 3. The zero-order chi connectivity index (χ0) is 29.5. The number of fused-ring (bicyclic) bond motifs is 1. The Balaban J connectivity index is 1.39. The minimum Gasteiger partial charge on any atom is -0.488 e. The molecule has 0 aliphatic carbocycles. The van der Waals surface area contributed by atoms with E-state index in [1.807, 2.05) is 42.1 Å². The van der Waals surface area contributed by atoms with Gasteiger partial charge in [0.05, 0.1) is 23.0 Å². The maximum Gasteiger partial charge on any atom is 0.419 e. The summed E-state index contributed by atoms with van der Waals surface area (Å²) in [4.78, 5) is 38.1. The van der Waals surface area contributed by atoms with Crippen LogP contribution in [0.2, 0.25) is 0 Å². The number of carbonyl (C=O) groups excluding carboxylic acids is 1. The number of hydrogen-bond donors (Lipinski definition) is 1. The number of benzene rings is 1. The van der Waals surface area contributed by atoms with Crippen LogP contribution < -0.4 is 10.3 Å². The minimum atomic E-state index is -4.77. The molecule has 4 aromatic rings. The second-order valence-electron chi connectivity index (χ2n) is 11.1. The Morgan fingerprint density at radius 3 is 2.59 bits per heavy atom. The predicted molar refractivity (Wildman–Crippen MR) is 145 cm³/mol. The summed E-state index contributed by atoms with van der Waals surface area (Å²) in [6.07, 6.45) is 0.0336. The molecular formula is C29H30F3N5O4. The quantitative estimate of drug-likeness (QED) is 0.345. The average molecular weight is 570 g/mol. The van der Waals surface area contributed by atoms with E-state index in [4.69, 9.17) is 9.47 Å². The summed E-state index contributed by atoms with van der Waals surface area (Å²) in [5.74, 6) is 0.551. The van der Waals surface area contributed by atoms with Gasteiger partial charge in [-0.2, -0.15) is 13.2 Å². The van der Waals surface area contributed by atoms with Crippen molar-refractivity contribution >= 4 is 17.0 Å². The Morgan fingerprint density at radius 1 is 1.17 bits per heavy atom. The first kappa shape index (κ1) is 28.2. The van der Waals surface area contributed by atoms with Crippen molar-refractivity contribution in [2.75, 3.05) is 13.1 Å². The van der Waals surface area contributed by atoms with Crippen LogP contribution >= 0.6 is 0 Å². The number of aromatic amines is 1. The number of amides is 1.